The molecule has 0 aliphatic heterocycles. The minimum atomic E-state index is -0.274. The molecule has 0 saturated heterocycles. The summed E-state index contributed by atoms with van der Waals surface area (Å²) in [4.78, 5) is 19.9. The van der Waals surface area contributed by atoms with Crippen molar-refractivity contribution in [2.75, 3.05) is 0 Å². The standard InChI is InChI=1S/C13H11BrN4O/c1-9(12-8-15-5-6-16-12)17-18-13(19)10-3-2-4-11(14)7-10/h2-8H,1H3,(H,18,19)/b17-9+. The summed E-state index contributed by atoms with van der Waals surface area (Å²) in [6.45, 7) is 1.76. The predicted octanol–water partition coefficient (Wildman–Crippen LogP) is 2.39. The summed E-state index contributed by atoms with van der Waals surface area (Å²) in [5.41, 5.74) is 4.23. The Balaban J connectivity index is 2.08. The highest BCUT2D eigenvalue weighted by atomic mass is 79.9. The van der Waals surface area contributed by atoms with E-state index in [-0.39, 0.29) is 5.91 Å². The van der Waals surface area contributed by atoms with Crippen LogP contribution in [0.1, 0.15) is 23.0 Å². The smallest absolute Gasteiger partial charge is 0.267 e. The summed E-state index contributed by atoms with van der Waals surface area (Å²) in [5.74, 6) is -0.274. The number of nitrogens with zero attached hydrogens (tertiary/aromatic N) is 3. The lowest BCUT2D eigenvalue weighted by Crippen LogP contribution is -2.19. The largest absolute Gasteiger partial charge is 0.271 e. The Morgan fingerprint density at radius 1 is 1.37 bits per heavy atom. The summed E-state index contributed by atoms with van der Waals surface area (Å²) < 4.78 is 0.842. The van der Waals surface area contributed by atoms with Gasteiger partial charge in [-0.2, -0.15) is 5.10 Å². The van der Waals surface area contributed by atoms with Crippen molar-refractivity contribution >= 4 is 27.5 Å². The van der Waals surface area contributed by atoms with Gasteiger partial charge in [-0.3, -0.25) is 14.8 Å². The van der Waals surface area contributed by atoms with Crippen LogP contribution >= 0.6 is 15.9 Å². The minimum absolute atomic E-state index is 0.274. The first-order valence-electron chi connectivity index (χ1n) is 5.53. The average molecular weight is 319 g/mol. The third-order valence-corrected chi connectivity index (χ3v) is 2.84. The zero-order valence-corrected chi connectivity index (χ0v) is 11.8. The molecule has 6 heteroatoms. The van der Waals surface area contributed by atoms with E-state index < -0.39 is 0 Å². The predicted molar refractivity (Wildman–Crippen MR) is 75.9 cm³/mol. The van der Waals surface area contributed by atoms with Crippen LogP contribution in [0.3, 0.4) is 0 Å². The molecule has 0 spiro atoms. The second-order valence-corrected chi connectivity index (χ2v) is 4.65. The molecule has 0 radical (unpaired) electrons. The van der Waals surface area contributed by atoms with Gasteiger partial charge in [-0.15, -0.1) is 0 Å². The van der Waals surface area contributed by atoms with Crippen LogP contribution in [0.25, 0.3) is 0 Å². The summed E-state index contributed by atoms with van der Waals surface area (Å²) in [6, 6.07) is 7.08. The fraction of sp³-hybridized carbons (Fsp3) is 0.0769. The Morgan fingerprint density at radius 2 is 2.21 bits per heavy atom. The van der Waals surface area contributed by atoms with Crippen molar-refractivity contribution in [1.29, 1.82) is 0 Å². The monoisotopic (exact) mass is 318 g/mol. The lowest BCUT2D eigenvalue weighted by molar-refractivity contribution is 0.0955. The van der Waals surface area contributed by atoms with Gasteiger partial charge in [-0.1, -0.05) is 22.0 Å². The van der Waals surface area contributed by atoms with Crippen LogP contribution in [-0.2, 0) is 0 Å². The van der Waals surface area contributed by atoms with E-state index in [9.17, 15) is 4.79 Å². The summed E-state index contributed by atoms with van der Waals surface area (Å²) in [6.07, 6.45) is 4.74. The number of hydrogen-bond acceptors (Lipinski definition) is 4. The molecule has 0 aliphatic rings. The van der Waals surface area contributed by atoms with Crippen molar-refractivity contribution in [3.8, 4) is 0 Å². The molecule has 19 heavy (non-hydrogen) atoms. The van der Waals surface area contributed by atoms with Gasteiger partial charge in [0, 0.05) is 22.4 Å². The van der Waals surface area contributed by atoms with E-state index >= 15 is 0 Å². The number of amides is 1. The zero-order chi connectivity index (χ0) is 13.7. The molecule has 0 fully saturated rings. The molecular weight excluding hydrogens is 308 g/mol. The molecule has 5 nitrogen and oxygen atoms in total. The third kappa shape index (κ3) is 3.69. The fourth-order valence-electron chi connectivity index (χ4n) is 1.37. The number of carbonyl (C=O) groups excluding carboxylic acids is 1. The highest BCUT2D eigenvalue weighted by Crippen LogP contribution is 2.11. The lowest BCUT2D eigenvalue weighted by atomic mass is 10.2. The number of nitrogens with one attached hydrogen (secondary N) is 1. The van der Waals surface area contributed by atoms with Crippen LogP contribution in [0.4, 0.5) is 0 Å². The summed E-state index contributed by atoms with van der Waals surface area (Å²) >= 11 is 3.31. The number of carbonyl (C=O) groups is 1. The van der Waals surface area contributed by atoms with Crippen LogP contribution in [0.2, 0.25) is 0 Å². The topological polar surface area (TPSA) is 67.2 Å². The molecule has 96 valence electrons. The van der Waals surface area contributed by atoms with Crippen LogP contribution < -0.4 is 5.43 Å². The molecule has 0 aliphatic carbocycles. The number of rotatable bonds is 3. The van der Waals surface area contributed by atoms with Crippen molar-refractivity contribution < 1.29 is 4.79 Å². The molecule has 0 bridgehead atoms. The first-order chi connectivity index (χ1) is 9.16. The zero-order valence-electron chi connectivity index (χ0n) is 10.2. The van der Waals surface area contributed by atoms with Crippen molar-refractivity contribution in [3.63, 3.8) is 0 Å². The molecule has 1 amide bonds. The van der Waals surface area contributed by atoms with Gasteiger partial charge in [-0.25, -0.2) is 5.43 Å². The van der Waals surface area contributed by atoms with Crippen molar-refractivity contribution in [3.05, 3.63) is 58.6 Å². The number of aromatic nitrogens is 2. The molecule has 0 unspecified atom stereocenters. The van der Waals surface area contributed by atoms with Crippen LogP contribution in [0.5, 0.6) is 0 Å². The third-order valence-electron chi connectivity index (χ3n) is 2.35. The molecule has 1 heterocycles. The van der Waals surface area contributed by atoms with Crippen molar-refractivity contribution in [2.45, 2.75) is 6.92 Å². The van der Waals surface area contributed by atoms with E-state index in [0.717, 1.165) is 4.47 Å². The Bertz CT molecular complexity index is 613. The highest BCUT2D eigenvalue weighted by Gasteiger charge is 2.05. The molecular formula is C13H11BrN4O. The van der Waals surface area contributed by atoms with Crippen LogP contribution in [0.15, 0.2) is 52.4 Å². The van der Waals surface area contributed by atoms with E-state index in [4.69, 9.17) is 0 Å². The fourth-order valence-corrected chi connectivity index (χ4v) is 1.77. The minimum Gasteiger partial charge on any atom is -0.267 e. The first-order valence-corrected chi connectivity index (χ1v) is 6.32. The van der Waals surface area contributed by atoms with Gasteiger partial charge in [0.15, 0.2) is 0 Å². The lowest BCUT2D eigenvalue weighted by Gasteiger charge is -2.02. The SMILES string of the molecule is C/C(=N\NC(=O)c1cccc(Br)c1)c1cnccn1. The highest BCUT2D eigenvalue weighted by molar-refractivity contribution is 9.10. The number of hydrogen-bond donors (Lipinski definition) is 1. The molecule has 1 aromatic heterocycles. The number of hydrazone groups is 1. The van der Waals surface area contributed by atoms with E-state index in [0.29, 0.717) is 17.0 Å². The summed E-state index contributed by atoms with van der Waals surface area (Å²) in [5, 5.41) is 4.00. The first kappa shape index (κ1) is 13.4. The molecule has 0 atom stereocenters. The maximum absolute atomic E-state index is 11.9. The second-order valence-electron chi connectivity index (χ2n) is 3.74. The maximum Gasteiger partial charge on any atom is 0.271 e. The number of halogens is 1. The maximum atomic E-state index is 11.9. The van der Waals surface area contributed by atoms with Gasteiger partial charge >= 0.3 is 0 Å². The molecule has 2 rings (SSSR count). The van der Waals surface area contributed by atoms with Gasteiger partial charge in [0.25, 0.3) is 5.91 Å². The van der Waals surface area contributed by atoms with Crippen LogP contribution in [-0.4, -0.2) is 21.6 Å². The Kier molecular flexibility index (Phi) is 4.35. The summed E-state index contributed by atoms with van der Waals surface area (Å²) in [7, 11) is 0. The van der Waals surface area contributed by atoms with Crippen LogP contribution in [0, 0.1) is 0 Å². The van der Waals surface area contributed by atoms with E-state index in [1.807, 2.05) is 6.07 Å². The van der Waals surface area contributed by atoms with Gasteiger partial charge < -0.3 is 0 Å². The Hall–Kier alpha value is -2.08. The van der Waals surface area contributed by atoms with Crippen molar-refractivity contribution in [2.24, 2.45) is 5.10 Å². The quantitative estimate of drug-likeness (QED) is 0.698. The average Bonchev–Trinajstić information content (AvgIpc) is 2.45. The second kappa shape index (κ2) is 6.19. The molecule has 1 N–H and O–H groups in total. The van der Waals surface area contributed by atoms with Gasteiger partial charge in [0.2, 0.25) is 0 Å². The van der Waals surface area contributed by atoms with Gasteiger partial charge in [0.1, 0.15) is 5.69 Å². The Morgan fingerprint density at radius 3 is 2.89 bits per heavy atom. The normalized spacial score (nSPS) is 11.2. The van der Waals surface area contributed by atoms with E-state index in [1.54, 1.807) is 43.7 Å². The molecule has 2 aromatic rings. The van der Waals surface area contributed by atoms with E-state index in [1.165, 1.54) is 0 Å². The van der Waals surface area contributed by atoms with Crippen molar-refractivity contribution in [1.82, 2.24) is 15.4 Å². The van der Waals surface area contributed by atoms with Gasteiger partial charge in [0.05, 0.1) is 11.9 Å². The Labute approximate surface area is 118 Å². The molecule has 0 saturated carbocycles. The van der Waals surface area contributed by atoms with E-state index in [2.05, 4.69) is 36.4 Å². The van der Waals surface area contributed by atoms with Gasteiger partial charge in [-0.05, 0) is 25.1 Å². The molecule has 1 aromatic carbocycles. The number of benzene rings is 1.